The van der Waals surface area contributed by atoms with Crippen molar-refractivity contribution in [3.05, 3.63) is 24.3 Å². The van der Waals surface area contributed by atoms with Crippen molar-refractivity contribution in [2.24, 2.45) is 0 Å². The SMILES string of the molecule is CCCC[C@@H](C(=O)OC)N1CCC2(CC1)Nc1ccccc1NC2=O. The smallest absolute Gasteiger partial charge is 0.323 e. The van der Waals surface area contributed by atoms with Crippen LogP contribution >= 0.6 is 0 Å². The minimum Gasteiger partial charge on any atom is -0.468 e. The molecule has 1 atom stereocenters. The van der Waals surface area contributed by atoms with E-state index in [1.165, 1.54) is 7.11 Å². The number of likely N-dealkylation sites (tertiary alicyclic amines) is 1. The van der Waals surface area contributed by atoms with E-state index in [1.54, 1.807) is 0 Å². The Hall–Kier alpha value is -2.08. The van der Waals surface area contributed by atoms with Crippen molar-refractivity contribution in [3.8, 4) is 0 Å². The maximum absolute atomic E-state index is 12.7. The number of nitrogens with zero attached hydrogens (tertiary/aromatic N) is 1. The van der Waals surface area contributed by atoms with Crippen LogP contribution in [0.2, 0.25) is 0 Å². The van der Waals surface area contributed by atoms with E-state index in [9.17, 15) is 9.59 Å². The molecule has 0 bridgehead atoms. The molecule has 136 valence electrons. The van der Waals surface area contributed by atoms with Crippen molar-refractivity contribution < 1.29 is 14.3 Å². The fourth-order valence-electron chi connectivity index (χ4n) is 3.81. The van der Waals surface area contributed by atoms with E-state index in [0.717, 1.165) is 30.6 Å². The maximum Gasteiger partial charge on any atom is 0.323 e. The van der Waals surface area contributed by atoms with Crippen molar-refractivity contribution in [2.75, 3.05) is 30.8 Å². The highest BCUT2D eigenvalue weighted by Crippen LogP contribution is 2.36. The highest BCUT2D eigenvalue weighted by molar-refractivity contribution is 6.06. The molecule has 0 aromatic heterocycles. The van der Waals surface area contributed by atoms with Gasteiger partial charge in [0, 0.05) is 13.1 Å². The molecule has 6 nitrogen and oxygen atoms in total. The van der Waals surface area contributed by atoms with Gasteiger partial charge in [-0.1, -0.05) is 31.9 Å². The van der Waals surface area contributed by atoms with E-state index < -0.39 is 5.54 Å². The number of hydrogen-bond donors (Lipinski definition) is 2. The van der Waals surface area contributed by atoms with Crippen LogP contribution in [0.4, 0.5) is 11.4 Å². The normalized spacial score (nSPS) is 20.3. The van der Waals surface area contributed by atoms with Gasteiger partial charge in [-0.3, -0.25) is 14.5 Å². The van der Waals surface area contributed by atoms with Crippen molar-refractivity contribution in [1.82, 2.24) is 4.90 Å². The summed E-state index contributed by atoms with van der Waals surface area (Å²) in [7, 11) is 1.44. The summed E-state index contributed by atoms with van der Waals surface area (Å²) in [6.07, 6.45) is 4.19. The monoisotopic (exact) mass is 345 g/mol. The molecule has 2 aliphatic heterocycles. The van der Waals surface area contributed by atoms with Crippen molar-refractivity contribution in [1.29, 1.82) is 0 Å². The number of para-hydroxylation sites is 2. The molecule has 0 saturated carbocycles. The first kappa shape index (κ1) is 17.7. The first-order chi connectivity index (χ1) is 12.1. The first-order valence-corrected chi connectivity index (χ1v) is 9.10. The zero-order valence-electron chi connectivity index (χ0n) is 15.0. The average molecular weight is 345 g/mol. The molecule has 1 fully saturated rings. The van der Waals surface area contributed by atoms with Crippen LogP contribution in [-0.4, -0.2) is 48.6 Å². The van der Waals surface area contributed by atoms with Gasteiger partial charge in [-0.2, -0.15) is 0 Å². The van der Waals surface area contributed by atoms with Crippen molar-refractivity contribution in [2.45, 2.75) is 50.6 Å². The molecule has 2 heterocycles. The van der Waals surface area contributed by atoms with Gasteiger partial charge in [-0.25, -0.2) is 0 Å². The van der Waals surface area contributed by atoms with E-state index in [4.69, 9.17) is 4.74 Å². The summed E-state index contributed by atoms with van der Waals surface area (Å²) in [6.45, 7) is 3.52. The number of hydrogen-bond acceptors (Lipinski definition) is 5. The Labute approximate surface area is 148 Å². The topological polar surface area (TPSA) is 70.7 Å². The quantitative estimate of drug-likeness (QED) is 0.803. The second kappa shape index (κ2) is 7.44. The molecule has 0 aliphatic carbocycles. The number of benzene rings is 1. The Bertz CT molecular complexity index is 639. The number of methoxy groups -OCH3 is 1. The summed E-state index contributed by atoms with van der Waals surface area (Å²) in [4.78, 5) is 27.0. The molecular formula is C19H27N3O3. The Morgan fingerprint density at radius 1 is 1.28 bits per heavy atom. The van der Waals surface area contributed by atoms with Gasteiger partial charge >= 0.3 is 5.97 Å². The standard InChI is InChI=1S/C19H27N3O3/c1-3-4-9-16(17(23)25-2)22-12-10-19(11-13-22)18(24)20-14-7-5-6-8-15(14)21-19/h5-8,16,21H,3-4,9-13H2,1-2H3,(H,20,24)/t16-/m0/s1. The maximum atomic E-state index is 12.7. The minimum atomic E-state index is -0.587. The van der Waals surface area contributed by atoms with Crippen LogP contribution in [0, 0.1) is 0 Å². The number of piperidine rings is 1. The summed E-state index contributed by atoms with van der Waals surface area (Å²) in [5.41, 5.74) is 1.21. The van der Waals surface area contributed by atoms with E-state index in [1.807, 2.05) is 24.3 Å². The number of nitrogens with one attached hydrogen (secondary N) is 2. The number of rotatable bonds is 5. The molecule has 6 heteroatoms. The zero-order valence-corrected chi connectivity index (χ0v) is 15.0. The molecule has 0 unspecified atom stereocenters. The van der Waals surface area contributed by atoms with Crippen LogP contribution in [-0.2, 0) is 14.3 Å². The highest BCUT2D eigenvalue weighted by atomic mass is 16.5. The molecule has 1 amide bonds. The molecule has 1 saturated heterocycles. The lowest BCUT2D eigenvalue weighted by molar-refractivity contribution is -0.148. The highest BCUT2D eigenvalue weighted by Gasteiger charge is 2.45. The summed E-state index contributed by atoms with van der Waals surface area (Å²) >= 11 is 0. The number of ether oxygens (including phenoxy) is 1. The van der Waals surface area contributed by atoms with Gasteiger partial charge in [0.1, 0.15) is 11.6 Å². The molecule has 2 N–H and O–H groups in total. The molecule has 25 heavy (non-hydrogen) atoms. The van der Waals surface area contributed by atoms with E-state index >= 15 is 0 Å². The van der Waals surface area contributed by atoms with Crippen LogP contribution in [0.5, 0.6) is 0 Å². The van der Waals surface area contributed by atoms with Gasteiger partial charge in [0.2, 0.25) is 5.91 Å². The van der Waals surface area contributed by atoms with Crippen molar-refractivity contribution >= 4 is 23.3 Å². The first-order valence-electron chi connectivity index (χ1n) is 9.10. The summed E-state index contributed by atoms with van der Waals surface area (Å²) in [5.74, 6) is -0.148. The van der Waals surface area contributed by atoms with Gasteiger partial charge in [0.25, 0.3) is 0 Å². The molecule has 1 spiro atoms. The number of esters is 1. The number of amides is 1. The lowest BCUT2D eigenvalue weighted by Crippen LogP contribution is -2.60. The van der Waals surface area contributed by atoms with Crippen molar-refractivity contribution in [3.63, 3.8) is 0 Å². The van der Waals surface area contributed by atoms with Crippen LogP contribution in [0.3, 0.4) is 0 Å². The number of unbranched alkanes of at least 4 members (excludes halogenated alkanes) is 1. The minimum absolute atomic E-state index is 0.0222. The van der Waals surface area contributed by atoms with Gasteiger partial charge in [0.15, 0.2) is 0 Å². The Balaban J connectivity index is 1.70. The number of anilines is 2. The zero-order chi connectivity index (χ0) is 17.9. The van der Waals surface area contributed by atoms with Crippen LogP contribution < -0.4 is 10.6 Å². The predicted molar refractivity (Wildman–Crippen MR) is 97.6 cm³/mol. The molecule has 1 aromatic carbocycles. The van der Waals surface area contributed by atoms with Gasteiger partial charge in [0.05, 0.1) is 18.5 Å². The average Bonchev–Trinajstić information content (AvgIpc) is 2.64. The van der Waals surface area contributed by atoms with E-state index in [0.29, 0.717) is 25.9 Å². The Morgan fingerprint density at radius 3 is 2.60 bits per heavy atom. The molecule has 0 radical (unpaired) electrons. The third-order valence-electron chi connectivity index (χ3n) is 5.38. The van der Waals surface area contributed by atoms with Gasteiger partial charge in [-0.05, 0) is 31.4 Å². The van der Waals surface area contributed by atoms with Gasteiger partial charge < -0.3 is 15.4 Å². The largest absolute Gasteiger partial charge is 0.468 e. The summed E-state index contributed by atoms with van der Waals surface area (Å²) in [5, 5.41) is 6.47. The second-order valence-electron chi connectivity index (χ2n) is 6.92. The van der Waals surface area contributed by atoms with Crippen LogP contribution in [0.15, 0.2) is 24.3 Å². The molecule has 3 rings (SSSR count). The second-order valence-corrected chi connectivity index (χ2v) is 6.92. The molecular weight excluding hydrogens is 318 g/mol. The number of fused-ring (bicyclic) bond motifs is 1. The third-order valence-corrected chi connectivity index (χ3v) is 5.38. The van der Waals surface area contributed by atoms with Crippen LogP contribution in [0.25, 0.3) is 0 Å². The van der Waals surface area contributed by atoms with Gasteiger partial charge in [-0.15, -0.1) is 0 Å². The Kier molecular flexibility index (Phi) is 5.27. The Morgan fingerprint density at radius 2 is 1.96 bits per heavy atom. The summed E-state index contributed by atoms with van der Waals surface area (Å²) < 4.78 is 4.99. The fourth-order valence-corrected chi connectivity index (χ4v) is 3.81. The lowest BCUT2D eigenvalue weighted by atomic mass is 9.83. The summed E-state index contributed by atoms with van der Waals surface area (Å²) in [6, 6.07) is 7.56. The molecule has 1 aromatic rings. The number of carbonyl (C=O) groups is 2. The molecule has 2 aliphatic rings. The predicted octanol–water partition coefficient (Wildman–Crippen LogP) is 2.62. The van der Waals surface area contributed by atoms with E-state index in [2.05, 4.69) is 22.5 Å². The van der Waals surface area contributed by atoms with E-state index in [-0.39, 0.29) is 17.9 Å². The number of carbonyl (C=O) groups excluding carboxylic acids is 2. The van der Waals surface area contributed by atoms with Crippen LogP contribution in [0.1, 0.15) is 39.0 Å². The fraction of sp³-hybridized carbons (Fsp3) is 0.579. The third kappa shape index (κ3) is 3.49. The lowest BCUT2D eigenvalue weighted by Gasteiger charge is -2.45.